The van der Waals surface area contributed by atoms with Crippen LogP contribution in [0.3, 0.4) is 0 Å². The largest absolute Gasteiger partial charge is 0.346 e. The van der Waals surface area contributed by atoms with Crippen molar-refractivity contribution in [2.45, 2.75) is 46.1 Å². The lowest BCUT2D eigenvalue weighted by Gasteiger charge is -2.34. The summed E-state index contributed by atoms with van der Waals surface area (Å²) in [6, 6.07) is 8.07. The smallest absolute Gasteiger partial charge is 0.243 e. The van der Waals surface area contributed by atoms with Gasteiger partial charge < -0.3 is 10.2 Å². The highest BCUT2D eigenvalue weighted by Gasteiger charge is 2.27. The SMILES string of the molecule is CCc1nnc(NC2CCN(C(C)=O)c3ccccc32)nc1CC. The van der Waals surface area contributed by atoms with E-state index in [1.165, 1.54) is 0 Å². The van der Waals surface area contributed by atoms with Crippen molar-refractivity contribution >= 4 is 17.5 Å². The summed E-state index contributed by atoms with van der Waals surface area (Å²) < 4.78 is 0. The van der Waals surface area contributed by atoms with Crippen LogP contribution < -0.4 is 10.2 Å². The van der Waals surface area contributed by atoms with E-state index >= 15 is 0 Å². The van der Waals surface area contributed by atoms with Crippen LogP contribution in [0, 0.1) is 0 Å². The summed E-state index contributed by atoms with van der Waals surface area (Å²) in [6.45, 7) is 6.43. The van der Waals surface area contributed by atoms with Gasteiger partial charge in [0.25, 0.3) is 0 Å². The van der Waals surface area contributed by atoms with Gasteiger partial charge in [-0.2, -0.15) is 5.10 Å². The number of anilines is 2. The Hall–Kier alpha value is -2.50. The summed E-state index contributed by atoms with van der Waals surface area (Å²) in [5, 5.41) is 11.9. The number of nitrogens with one attached hydrogen (secondary N) is 1. The molecule has 126 valence electrons. The molecule has 6 nitrogen and oxygen atoms in total. The number of para-hydroxylation sites is 1. The number of carbonyl (C=O) groups excluding carboxylic acids is 1. The molecule has 1 aliphatic rings. The van der Waals surface area contributed by atoms with Gasteiger partial charge in [-0.15, -0.1) is 5.10 Å². The summed E-state index contributed by atoms with van der Waals surface area (Å²) >= 11 is 0. The molecule has 0 bridgehead atoms. The highest BCUT2D eigenvalue weighted by atomic mass is 16.2. The molecule has 24 heavy (non-hydrogen) atoms. The highest BCUT2D eigenvalue weighted by molar-refractivity contribution is 5.93. The zero-order valence-corrected chi connectivity index (χ0v) is 14.4. The molecule has 1 amide bonds. The Morgan fingerprint density at radius 2 is 1.96 bits per heavy atom. The summed E-state index contributed by atoms with van der Waals surface area (Å²) in [7, 11) is 0. The first-order valence-electron chi connectivity index (χ1n) is 8.50. The zero-order chi connectivity index (χ0) is 17.1. The van der Waals surface area contributed by atoms with Crippen LogP contribution in [0.15, 0.2) is 24.3 Å². The molecule has 0 fully saturated rings. The van der Waals surface area contributed by atoms with Crippen molar-refractivity contribution in [3.8, 4) is 0 Å². The number of nitrogens with zero attached hydrogens (tertiary/aromatic N) is 4. The van der Waals surface area contributed by atoms with E-state index in [4.69, 9.17) is 0 Å². The fraction of sp³-hybridized carbons (Fsp3) is 0.444. The third-order valence-electron chi connectivity index (χ3n) is 4.44. The maximum atomic E-state index is 11.9. The molecular formula is C18H23N5O. The molecule has 1 aromatic heterocycles. The maximum absolute atomic E-state index is 11.9. The van der Waals surface area contributed by atoms with Crippen LogP contribution in [0.1, 0.15) is 50.2 Å². The number of rotatable bonds is 4. The molecule has 2 heterocycles. The molecule has 1 N–H and O–H groups in total. The predicted molar refractivity (Wildman–Crippen MR) is 94.0 cm³/mol. The maximum Gasteiger partial charge on any atom is 0.243 e. The van der Waals surface area contributed by atoms with Crippen molar-refractivity contribution in [2.24, 2.45) is 0 Å². The van der Waals surface area contributed by atoms with Crippen molar-refractivity contribution in [3.63, 3.8) is 0 Å². The van der Waals surface area contributed by atoms with Crippen LogP contribution in [-0.4, -0.2) is 27.6 Å². The van der Waals surface area contributed by atoms with Gasteiger partial charge in [-0.25, -0.2) is 4.98 Å². The average Bonchev–Trinajstić information content (AvgIpc) is 2.61. The van der Waals surface area contributed by atoms with Gasteiger partial charge in [-0.3, -0.25) is 4.79 Å². The van der Waals surface area contributed by atoms with Gasteiger partial charge >= 0.3 is 0 Å². The zero-order valence-electron chi connectivity index (χ0n) is 14.4. The van der Waals surface area contributed by atoms with E-state index in [0.29, 0.717) is 12.5 Å². The van der Waals surface area contributed by atoms with Crippen LogP contribution in [0.5, 0.6) is 0 Å². The summed E-state index contributed by atoms with van der Waals surface area (Å²) in [6.07, 6.45) is 2.49. The van der Waals surface area contributed by atoms with Gasteiger partial charge in [0.1, 0.15) is 0 Å². The second-order valence-electron chi connectivity index (χ2n) is 5.95. The number of hydrogen-bond donors (Lipinski definition) is 1. The summed E-state index contributed by atoms with van der Waals surface area (Å²) in [4.78, 5) is 18.3. The molecule has 0 radical (unpaired) electrons. The first-order valence-corrected chi connectivity index (χ1v) is 8.50. The molecule has 0 spiro atoms. The summed E-state index contributed by atoms with van der Waals surface area (Å²) in [5.74, 6) is 0.625. The number of carbonyl (C=O) groups is 1. The van der Waals surface area contributed by atoms with Gasteiger partial charge in [0.05, 0.1) is 17.4 Å². The van der Waals surface area contributed by atoms with Gasteiger partial charge in [0.15, 0.2) is 0 Å². The van der Waals surface area contributed by atoms with Crippen LogP contribution in [-0.2, 0) is 17.6 Å². The van der Waals surface area contributed by atoms with E-state index in [0.717, 1.165) is 41.9 Å². The number of fused-ring (bicyclic) bond motifs is 1. The lowest BCUT2D eigenvalue weighted by Crippen LogP contribution is -2.36. The molecular weight excluding hydrogens is 302 g/mol. The van der Waals surface area contributed by atoms with Crippen molar-refractivity contribution in [2.75, 3.05) is 16.8 Å². The minimum absolute atomic E-state index is 0.0689. The molecule has 1 atom stereocenters. The van der Waals surface area contributed by atoms with Crippen LogP contribution in [0.4, 0.5) is 11.6 Å². The van der Waals surface area contributed by atoms with Crippen LogP contribution in [0.25, 0.3) is 0 Å². The molecule has 0 saturated heterocycles. The number of aryl methyl sites for hydroxylation is 2. The second kappa shape index (κ2) is 6.95. The highest BCUT2D eigenvalue weighted by Crippen LogP contribution is 2.35. The average molecular weight is 325 g/mol. The Balaban J connectivity index is 1.88. The van der Waals surface area contributed by atoms with E-state index in [-0.39, 0.29) is 11.9 Å². The van der Waals surface area contributed by atoms with Crippen molar-refractivity contribution < 1.29 is 4.79 Å². The third-order valence-corrected chi connectivity index (χ3v) is 4.44. The monoisotopic (exact) mass is 325 g/mol. The van der Waals surface area contributed by atoms with E-state index in [1.54, 1.807) is 6.92 Å². The van der Waals surface area contributed by atoms with Crippen molar-refractivity contribution in [1.82, 2.24) is 15.2 Å². The number of amides is 1. The summed E-state index contributed by atoms with van der Waals surface area (Å²) in [5.41, 5.74) is 4.00. The van der Waals surface area contributed by atoms with E-state index in [2.05, 4.69) is 40.4 Å². The van der Waals surface area contributed by atoms with E-state index in [9.17, 15) is 4.79 Å². The Morgan fingerprint density at radius 1 is 1.21 bits per heavy atom. The molecule has 3 rings (SSSR count). The minimum Gasteiger partial charge on any atom is -0.346 e. The van der Waals surface area contributed by atoms with Crippen molar-refractivity contribution in [3.05, 3.63) is 41.2 Å². The van der Waals surface area contributed by atoms with Gasteiger partial charge in [0.2, 0.25) is 11.9 Å². The molecule has 0 saturated carbocycles. The molecule has 1 unspecified atom stereocenters. The molecule has 2 aromatic rings. The minimum atomic E-state index is 0.0689. The van der Waals surface area contributed by atoms with Gasteiger partial charge in [-0.1, -0.05) is 32.0 Å². The van der Waals surface area contributed by atoms with Gasteiger partial charge in [-0.05, 0) is 30.9 Å². The third kappa shape index (κ3) is 3.09. The number of hydrogen-bond acceptors (Lipinski definition) is 5. The molecule has 1 aliphatic heterocycles. The molecule has 6 heteroatoms. The van der Waals surface area contributed by atoms with Gasteiger partial charge in [0, 0.05) is 19.2 Å². The molecule has 1 aromatic carbocycles. The predicted octanol–water partition coefficient (Wildman–Crippen LogP) is 2.91. The second-order valence-corrected chi connectivity index (χ2v) is 5.95. The standard InChI is InChI=1S/C18H23N5O/c1-4-14-15(5-2)21-22-18(19-14)20-16-10-11-23(12(3)24)17-9-7-6-8-13(16)17/h6-9,16H,4-5,10-11H2,1-3H3,(H,19,20,22). The van der Waals surface area contributed by atoms with E-state index in [1.807, 2.05) is 23.1 Å². The fourth-order valence-corrected chi connectivity index (χ4v) is 3.19. The Kier molecular flexibility index (Phi) is 4.74. The lowest BCUT2D eigenvalue weighted by atomic mass is 9.96. The topological polar surface area (TPSA) is 71.0 Å². The van der Waals surface area contributed by atoms with Crippen molar-refractivity contribution in [1.29, 1.82) is 0 Å². The Morgan fingerprint density at radius 3 is 2.67 bits per heavy atom. The lowest BCUT2D eigenvalue weighted by molar-refractivity contribution is -0.116. The van der Waals surface area contributed by atoms with E-state index < -0.39 is 0 Å². The van der Waals surface area contributed by atoms with Crippen LogP contribution >= 0.6 is 0 Å². The Bertz CT molecular complexity index is 746. The quantitative estimate of drug-likeness (QED) is 0.936. The molecule has 0 aliphatic carbocycles. The van der Waals surface area contributed by atoms with Crippen LogP contribution in [0.2, 0.25) is 0 Å². The first kappa shape index (κ1) is 16.4. The number of aromatic nitrogens is 3. The Labute approximate surface area is 142 Å². The fourth-order valence-electron chi connectivity index (χ4n) is 3.19. The number of benzene rings is 1. The first-order chi connectivity index (χ1) is 11.6. The normalized spacial score (nSPS) is 16.6.